The van der Waals surface area contributed by atoms with Crippen molar-refractivity contribution in [1.82, 2.24) is 4.98 Å². The highest BCUT2D eigenvalue weighted by molar-refractivity contribution is 6.05. The number of hydrogen-bond donors (Lipinski definition) is 2. The van der Waals surface area contributed by atoms with Crippen LogP contribution in [0.2, 0.25) is 0 Å². The number of carbonyl (C=O) groups is 2. The minimum absolute atomic E-state index is 0.0806. The van der Waals surface area contributed by atoms with Gasteiger partial charge in [0.1, 0.15) is 11.3 Å². The molecule has 27 heavy (non-hydrogen) atoms. The summed E-state index contributed by atoms with van der Waals surface area (Å²) >= 11 is 0. The summed E-state index contributed by atoms with van der Waals surface area (Å²) < 4.78 is 9.96. The van der Waals surface area contributed by atoms with Crippen LogP contribution in [0.3, 0.4) is 0 Å². The van der Waals surface area contributed by atoms with Crippen molar-refractivity contribution in [3.8, 4) is 5.75 Å². The van der Waals surface area contributed by atoms with Crippen molar-refractivity contribution in [3.63, 3.8) is 0 Å². The Morgan fingerprint density at radius 3 is 2.52 bits per heavy atom. The average Bonchev–Trinajstić information content (AvgIpc) is 2.69. The van der Waals surface area contributed by atoms with Gasteiger partial charge in [0.2, 0.25) is 5.43 Å². The second-order valence-electron chi connectivity index (χ2n) is 5.69. The van der Waals surface area contributed by atoms with E-state index in [0.717, 1.165) is 0 Å². The lowest BCUT2D eigenvalue weighted by Crippen LogP contribution is -2.18. The van der Waals surface area contributed by atoms with Crippen molar-refractivity contribution >= 4 is 28.5 Å². The molecule has 0 unspecified atom stereocenters. The largest absolute Gasteiger partial charge is 0.497 e. The van der Waals surface area contributed by atoms with Crippen LogP contribution < -0.4 is 15.5 Å². The summed E-state index contributed by atoms with van der Waals surface area (Å²) in [5.74, 6) is -0.362. The molecule has 0 aliphatic carbocycles. The molecule has 0 aliphatic rings. The topological polar surface area (TPSA) is 97.5 Å². The highest BCUT2D eigenvalue weighted by atomic mass is 16.5. The molecule has 0 saturated carbocycles. The van der Waals surface area contributed by atoms with E-state index in [2.05, 4.69) is 10.3 Å². The fraction of sp³-hybridized carbons (Fsp3) is 0.150. The number of pyridine rings is 1. The molecule has 7 nitrogen and oxygen atoms in total. The summed E-state index contributed by atoms with van der Waals surface area (Å²) in [7, 11) is 1.55. The van der Waals surface area contributed by atoms with Crippen LogP contribution in [0.4, 0.5) is 5.69 Å². The van der Waals surface area contributed by atoms with Crippen molar-refractivity contribution in [1.29, 1.82) is 0 Å². The Kier molecular flexibility index (Phi) is 5.21. The van der Waals surface area contributed by atoms with E-state index in [1.54, 1.807) is 50.4 Å². The maximum Gasteiger partial charge on any atom is 0.343 e. The van der Waals surface area contributed by atoms with E-state index >= 15 is 0 Å². The van der Waals surface area contributed by atoms with Gasteiger partial charge in [-0.25, -0.2) is 4.79 Å². The monoisotopic (exact) mass is 366 g/mol. The van der Waals surface area contributed by atoms with Crippen LogP contribution in [-0.4, -0.2) is 30.6 Å². The van der Waals surface area contributed by atoms with Crippen molar-refractivity contribution in [2.24, 2.45) is 0 Å². The molecular weight excluding hydrogens is 348 g/mol. The van der Waals surface area contributed by atoms with E-state index in [1.807, 2.05) is 0 Å². The number of fused-ring (bicyclic) bond motifs is 1. The summed E-state index contributed by atoms with van der Waals surface area (Å²) in [6.45, 7) is 1.84. The first-order valence-corrected chi connectivity index (χ1v) is 8.31. The lowest BCUT2D eigenvalue weighted by atomic mass is 10.1. The number of rotatable bonds is 5. The van der Waals surface area contributed by atoms with E-state index in [0.29, 0.717) is 22.5 Å². The van der Waals surface area contributed by atoms with Crippen LogP contribution in [0.25, 0.3) is 10.9 Å². The molecule has 2 N–H and O–H groups in total. The van der Waals surface area contributed by atoms with Gasteiger partial charge >= 0.3 is 5.97 Å². The molecule has 0 bridgehead atoms. The SMILES string of the molecule is CCOC(=O)c1c[nH]c2ccc(NC(=O)c3ccc(OC)cc3)cc2c1=O. The van der Waals surface area contributed by atoms with E-state index in [4.69, 9.17) is 9.47 Å². The maximum atomic E-state index is 12.6. The molecule has 1 heterocycles. The van der Waals surface area contributed by atoms with Crippen LogP contribution in [-0.2, 0) is 4.74 Å². The Balaban J connectivity index is 1.90. The first-order valence-electron chi connectivity index (χ1n) is 8.31. The first kappa shape index (κ1) is 18.2. The van der Waals surface area contributed by atoms with Gasteiger partial charge in [-0.1, -0.05) is 0 Å². The van der Waals surface area contributed by atoms with Gasteiger partial charge in [-0.05, 0) is 49.4 Å². The number of carbonyl (C=O) groups excluding carboxylic acids is 2. The van der Waals surface area contributed by atoms with Gasteiger partial charge in [0, 0.05) is 28.4 Å². The Hall–Kier alpha value is -3.61. The number of aromatic amines is 1. The fourth-order valence-corrected chi connectivity index (χ4v) is 2.60. The zero-order chi connectivity index (χ0) is 19.4. The molecule has 0 aliphatic heterocycles. The van der Waals surface area contributed by atoms with E-state index in [9.17, 15) is 14.4 Å². The molecule has 3 aromatic rings. The number of hydrogen-bond acceptors (Lipinski definition) is 5. The maximum absolute atomic E-state index is 12.6. The molecule has 0 atom stereocenters. The predicted octanol–water partition coefficient (Wildman–Crippen LogP) is 2.97. The fourth-order valence-electron chi connectivity index (χ4n) is 2.60. The number of amides is 1. The Bertz CT molecular complexity index is 1050. The predicted molar refractivity (Wildman–Crippen MR) is 101 cm³/mol. The number of nitrogens with one attached hydrogen (secondary N) is 2. The number of esters is 1. The quantitative estimate of drug-likeness (QED) is 0.677. The van der Waals surface area contributed by atoms with Crippen molar-refractivity contribution in [3.05, 3.63) is 70.0 Å². The molecule has 2 aromatic carbocycles. The smallest absolute Gasteiger partial charge is 0.343 e. The molecule has 0 fully saturated rings. The minimum Gasteiger partial charge on any atom is -0.497 e. The molecule has 138 valence electrons. The number of methoxy groups -OCH3 is 1. The van der Waals surface area contributed by atoms with Gasteiger partial charge in [0.25, 0.3) is 5.91 Å². The normalized spacial score (nSPS) is 10.4. The molecular formula is C20H18N2O5. The second-order valence-corrected chi connectivity index (χ2v) is 5.69. The zero-order valence-electron chi connectivity index (χ0n) is 14.9. The van der Waals surface area contributed by atoms with Crippen molar-refractivity contribution in [2.45, 2.75) is 6.92 Å². The van der Waals surface area contributed by atoms with Crippen LogP contribution in [0, 0.1) is 0 Å². The summed E-state index contributed by atoms with van der Waals surface area (Å²) in [5, 5.41) is 3.03. The van der Waals surface area contributed by atoms with Crippen LogP contribution in [0.15, 0.2) is 53.5 Å². The van der Waals surface area contributed by atoms with Crippen LogP contribution >= 0.6 is 0 Å². The van der Waals surface area contributed by atoms with Gasteiger partial charge in [0.15, 0.2) is 0 Å². The molecule has 0 radical (unpaired) electrons. The second kappa shape index (κ2) is 7.74. The number of aromatic nitrogens is 1. The number of benzene rings is 2. The van der Waals surface area contributed by atoms with Gasteiger partial charge in [0.05, 0.1) is 13.7 Å². The molecule has 1 aromatic heterocycles. The number of ether oxygens (including phenoxy) is 2. The molecule has 3 rings (SSSR count). The lowest BCUT2D eigenvalue weighted by Gasteiger charge is -2.08. The molecule has 1 amide bonds. The Morgan fingerprint density at radius 1 is 1.11 bits per heavy atom. The Morgan fingerprint density at radius 2 is 1.85 bits per heavy atom. The summed E-state index contributed by atoms with van der Waals surface area (Å²) in [6, 6.07) is 11.5. The Labute approximate surface area is 154 Å². The highest BCUT2D eigenvalue weighted by Gasteiger charge is 2.15. The molecule has 0 spiro atoms. The standard InChI is InChI=1S/C20H18N2O5/c1-3-27-20(25)16-11-21-17-9-6-13(10-15(17)18(16)23)22-19(24)12-4-7-14(26-2)8-5-12/h4-11H,3H2,1-2H3,(H,21,23)(H,22,24). The van der Waals surface area contributed by atoms with E-state index < -0.39 is 11.4 Å². The van der Waals surface area contributed by atoms with Gasteiger partial charge in [-0.15, -0.1) is 0 Å². The van der Waals surface area contributed by atoms with Crippen molar-refractivity contribution in [2.75, 3.05) is 19.0 Å². The number of H-pyrrole nitrogens is 1. The highest BCUT2D eigenvalue weighted by Crippen LogP contribution is 2.17. The van der Waals surface area contributed by atoms with E-state index in [-0.39, 0.29) is 23.5 Å². The van der Waals surface area contributed by atoms with E-state index in [1.165, 1.54) is 12.3 Å². The first-order chi connectivity index (χ1) is 13.0. The number of anilines is 1. The summed E-state index contributed by atoms with van der Waals surface area (Å²) in [4.78, 5) is 39.7. The molecule has 0 saturated heterocycles. The molecule has 7 heteroatoms. The van der Waals surface area contributed by atoms with Crippen LogP contribution in [0.5, 0.6) is 5.75 Å². The third-order valence-electron chi connectivity index (χ3n) is 3.99. The summed E-state index contributed by atoms with van der Waals surface area (Å²) in [5.41, 5.74) is 0.904. The van der Waals surface area contributed by atoms with Gasteiger partial charge in [-0.2, -0.15) is 0 Å². The minimum atomic E-state index is -0.687. The third kappa shape index (κ3) is 3.82. The van der Waals surface area contributed by atoms with Gasteiger partial charge < -0.3 is 19.8 Å². The van der Waals surface area contributed by atoms with Crippen LogP contribution in [0.1, 0.15) is 27.6 Å². The van der Waals surface area contributed by atoms with Gasteiger partial charge in [-0.3, -0.25) is 9.59 Å². The third-order valence-corrected chi connectivity index (χ3v) is 3.99. The lowest BCUT2D eigenvalue weighted by molar-refractivity contribution is 0.0524. The summed E-state index contributed by atoms with van der Waals surface area (Å²) in [6.07, 6.45) is 1.33. The zero-order valence-corrected chi connectivity index (χ0v) is 14.9. The average molecular weight is 366 g/mol. The van der Waals surface area contributed by atoms with Crippen molar-refractivity contribution < 1.29 is 19.1 Å².